The Labute approximate surface area is 181 Å². The van der Waals surface area contributed by atoms with E-state index in [1.165, 1.54) is 12.1 Å². The Hall–Kier alpha value is -3.48. The van der Waals surface area contributed by atoms with E-state index in [9.17, 15) is 14.0 Å². The summed E-state index contributed by atoms with van der Waals surface area (Å²) in [6.45, 7) is 8.44. The lowest BCUT2D eigenvalue weighted by Crippen LogP contribution is -2.30. The fourth-order valence-electron chi connectivity index (χ4n) is 3.43. The second-order valence-corrected chi connectivity index (χ2v) is 7.51. The molecular formula is C24H26FN3O3. The van der Waals surface area contributed by atoms with E-state index in [1.807, 2.05) is 24.3 Å². The number of anilines is 2. The molecule has 0 saturated heterocycles. The third-order valence-corrected chi connectivity index (χ3v) is 4.97. The van der Waals surface area contributed by atoms with E-state index in [-0.39, 0.29) is 5.56 Å². The van der Waals surface area contributed by atoms with Crippen LogP contribution in [0.5, 0.6) is 0 Å². The van der Waals surface area contributed by atoms with Crippen molar-refractivity contribution in [2.24, 2.45) is 0 Å². The molecule has 0 aliphatic heterocycles. The van der Waals surface area contributed by atoms with Gasteiger partial charge in [-0.2, -0.15) is 0 Å². The quantitative estimate of drug-likeness (QED) is 0.557. The molecule has 162 valence electrons. The highest BCUT2D eigenvalue weighted by molar-refractivity contribution is 5.98. The Bertz CT molecular complexity index is 1100. The molecule has 0 aliphatic rings. The van der Waals surface area contributed by atoms with Crippen LogP contribution in [0.25, 0.3) is 10.9 Å². The number of fused-ring (bicyclic) bond motifs is 1. The summed E-state index contributed by atoms with van der Waals surface area (Å²) < 4.78 is 18.5. The van der Waals surface area contributed by atoms with E-state index >= 15 is 0 Å². The van der Waals surface area contributed by atoms with Crippen LogP contribution in [0.4, 0.5) is 15.8 Å². The summed E-state index contributed by atoms with van der Waals surface area (Å²) in [6.07, 6.45) is 0. The maximum atomic E-state index is 13.4. The Morgan fingerprint density at radius 1 is 1.13 bits per heavy atom. The zero-order valence-electron chi connectivity index (χ0n) is 18.1. The smallest absolute Gasteiger partial charge is 0.340 e. The van der Waals surface area contributed by atoms with Crippen LogP contribution in [0.15, 0.2) is 48.5 Å². The molecule has 0 spiro atoms. The molecule has 1 aromatic heterocycles. The average molecular weight is 423 g/mol. The van der Waals surface area contributed by atoms with Crippen molar-refractivity contribution in [3.8, 4) is 0 Å². The molecule has 0 unspecified atom stereocenters. The van der Waals surface area contributed by atoms with Crippen LogP contribution >= 0.6 is 0 Å². The predicted molar refractivity (Wildman–Crippen MR) is 120 cm³/mol. The van der Waals surface area contributed by atoms with Gasteiger partial charge in [0.25, 0.3) is 5.91 Å². The molecular weight excluding hydrogens is 397 g/mol. The van der Waals surface area contributed by atoms with E-state index < -0.39 is 24.3 Å². The fraction of sp³-hybridized carbons (Fsp3) is 0.292. The summed E-state index contributed by atoms with van der Waals surface area (Å²) >= 11 is 0. The molecule has 31 heavy (non-hydrogen) atoms. The number of nitrogens with one attached hydrogen (secondary N) is 1. The van der Waals surface area contributed by atoms with E-state index in [1.54, 1.807) is 19.1 Å². The van der Waals surface area contributed by atoms with Crippen LogP contribution in [0, 0.1) is 12.7 Å². The molecule has 2 aromatic carbocycles. The van der Waals surface area contributed by atoms with Crippen LogP contribution in [0.2, 0.25) is 0 Å². The van der Waals surface area contributed by atoms with Crippen molar-refractivity contribution < 1.29 is 18.7 Å². The molecule has 0 radical (unpaired) electrons. The average Bonchev–Trinajstić information content (AvgIpc) is 2.73. The second-order valence-electron chi connectivity index (χ2n) is 7.51. The highest BCUT2D eigenvalue weighted by atomic mass is 19.1. The standard InChI is InChI=1S/C24H26FN3O3/c1-5-28(15(2)3)20-10-8-19(9-11-20)27-23(29)14-31-24(30)21-12-17-6-7-18(25)13-22(17)26-16(21)4/h6-13,15H,5,14H2,1-4H3,(H,27,29). The zero-order chi connectivity index (χ0) is 22.5. The number of rotatable bonds is 7. The van der Waals surface area contributed by atoms with Gasteiger partial charge in [-0.3, -0.25) is 9.78 Å². The first-order chi connectivity index (χ1) is 14.8. The zero-order valence-corrected chi connectivity index (χ0v) is 18.1. The van der Waals surface area contributed by atoms with Crippen molar-refractivity contribution in [1.29, 1.82) is 0 Å². The van der Waals surface area contributed by atoms with Gasteiger partial charge >= 0.3 is 5.97 Å². The molecule has 1 amide bonds. The van der Waals surface area contributed by atoms with Gasteiger partial charge in [-0.05, 0) is 70.2 Å². The first kappa shape index (κ1) is 22.2. The Balaban J connectivity index is 1.60. The third kappa shape index (κ3) is 5.36. The number of hydrogen-bond acceptors (Lipinski definition) is 5. The van der Waals surface area contributed by atoms with Gasteiger partial charge in [-0.15, -0.1) is 0 Å². The Morgan fingerprint density at radius 3 is 2.48 bits per heavy atom. The monoisotopic (exact) mass is 423 g/mol. The molecule has 0 fully saturated rings. The van der Waals surface area contributed by atoms with Crippen LogP contribution in [0.3, 0.4) is 0 Å². The van der Waals surface area contributed by atoms with Crippen LogP contribution < -0.4 is 10.2 Å². The van der Waals surface area contributed by atoms with E-state index in [0.717, 1.165) is 12.2 Å². The molecule has 0 bridgehead atoms. The van der Waals surface area contributed by atoms with Gasteiger partial charge in [0.05, 0.1) is 16.8 Å². The van der Waals surface area contributed by atoms with Crippen LogP contribution in [0.1, 0.15) is 36.8 Å². The number of benzene rings is 2. The largest absolute Gasteiger partial charge is 0.452 e. The lowest BCUT2D eigenvalue weighted by Gasteiger charge is -2.27. The molecule has 3 aromatic rings. The van der Waals surface area contributed by atoms with Crippen LogP contribution in [-0.2, 0) is 9.53 Å². The van der Waals surface area contributed by atoms with E-state index in [0.29, 0.717) is 28.3 Å². The van der Waals surface area contributed by atoms with Gasteiger partial charge in [-0.1, -0.05) is 0 Å². The minimum absolute atomic E-state index is 0.240. The lowest BCUT2D eigenvalue weighted by molar-refractivity contribution is -0.119. The molecule has 6 nitrogen and oxygen atoms in total. The van der Waals surface area contributed by atoms with E-state index in [4.69, 9.17) is 4.74 Å². The van der Waals surface area contributed by atoms with Crippen molar-refractivity contribution >= 4 is 34.2 Å². The third-order valence-electron chi connectivity index (χ3n) is 4.97. The van der Waals surface area contributed by atoms with Gasteiger partial charge in [-0.25, -0.2) is 9.18 Å². The maximum Gasteiger partial charge on any atom is 0.340 e. The number of aryl methyl sites for hydroxylation is 1. The summed E-state index contributed by atoms with van der Waals surface area (Å²) in [6, 6.07) is 13.6. The summed E-state index contributed by atoms with van der Waals surface area (Å²) in [7, 11) is 0. The summed E-state index contributed by atoms with van der Waals surface area (Å²) in [5.74, 6) is -1.49. The first-order valence-electron chi connectivity index (χ1n) is 10.2. The van der Waals surface area contributed by atoms with Crippen LogP contribution in [-0.4, -0.2) is 36.1 Å². The Kier molecular flexibility index (Phi) is 6.84. The van der Waals surface area contributed by atoms with Gasteiger partial charge in [0.15, 0.2) is 6.61 Å². The molecule has 0 atom stereocenters. The van der Waals surface area contributed by atoms with E-state index in [2.05, 4.69) is 36.0 Å². The summed E-state index contributed by atoms with van der Waals surface area (Å²) in [4.78, 5) is 31.1. The Morgan fingerprint density at radius 2 is 1.84 bits per heavy atom. The fourth-order valence-corrected chi connectivity index (χ4v) is 3.43. The number of aromatic nitrogens is 1. The van der Waals surface area contributed by atoms with Crippen molar-refractivity contribution in [2.45, 2.75) is 33.7 Å². The normalized spacial score (nSPS) is 10.9. The number of esters is 1. The number of hydrogen-bond donors (Lipinski definition) is 1. The van der Waals surface area contributed by atoms with Crippen molar-refractivity contribution in [3.05, 3.63) is 65.6 Å². The number of amides is 1. The highest BCUT2D eigenvalue weighted by Crippen LogP contribution is 2.20. The van der Waals surface area contributed by atoms with Crippen molar-refractivity contribution in [2.75, 3.05) is 23.4 Å². The van der Waals surface area contributed by atoms with Gasteiger partial charge in [0.2, 0.25) is 0 Å². The molecule has 7 heteroatoms. The predicted octanol–water partition coefficient (Wildman–Crippen LogP) is 4.71. The minimum Gasteiger partial charge on any atom is -0.452 e. The highest BCUT2D eigenvalue weighted by Gasteiger charge is 2.15. The van der Waals surface area contributed by atoms with Gasteiger partial charge < -0.3 is 15.0 Å². The number of halogens is 1. The molecule has 1 heterocycles. The number of carbonyl (C=O) groups is 2. The lowest BCUT2D eigenvalue weighted by atomic mass is 10.1. The van der Waals surface area contributed by atoms with Crippen molar-refractivity contribution in [3.63, 3.8) is 0 Å². The number of pyridine rings is 1. The molecule has 3 rings (SSSR count). The second kappa shape index (κ2) is 9.55. The van der Waals surface area contributed by atoms with Gasteiger partial charge in [0.1, 0.15) is 5.82 Å². The topological polar surface area (TPSA) is 71.5 Å². The molecule has 0 saturated carbocycles. The van der Waals surface area contributed by atoms with Gasteiger partial charge in [0, 0.05) is 35.4 Å². The maximum absolute atomic E-state index is 13.4. The number of ether oxygens (including phenoxy) is 1. The SMILES string of the molecule is CCN(c1ccc(NC(=O)COC(=O)c2cc3ccc(F)cc3nc2C)cc1)C(C)C. The molecule has 0 aliphatic carbocycles. The minimum atomic E-state index is -0.655. The molecule has 1 N–H and O–H groups in total. The number of carbonyl (C=O) groups excluding carboxylic acids is 2. The summed E-state index contributed by atoms with van der Waals surface area (Å²) in [5.41, 5.74) is 2.79. The summed E-state index contributed by atoms with van der Waals surface area (Å²) in [5, 5.41) is 3.34. The van der Waals surface area contributed by atoms with Crippen molar-refractivity contribution in [1.82, 2.24) is 4.98 Å². The first-order valence-corrected chi connectivity index (χ1v) is 10.2. The number of nitrogens with zero attached hydrogens (tertiary/aromatic N) is 2.